The summed E-state index contributed by atoms with van der Waals surface area (Å²) in [4.78, 5) is 4.97. The fourth-order valence-corrected chi connectivity index (χ4v) is 5.80. The average Bonchev–Trinajstić information content (AvgIpc) is 3.58. The van der Waals surface area contributed by atoms with Crippen molar-refractivity contribution in [3.63, 3.8) is 0 Å². The van der Waals surface area contributed by atoms with E-state index >= 15 is 0 Å². The molecule has 164 valence electrons. The number of rotatable bonds is 4. The van der Waals surface area contributed by atoms with Gasteiger partial charge in [-0.15, -0.1) is 11.3 Å². The number of nitrogens with zero attached hydrogens (tertiary/aromatic N) is 3. The Morgan fingerprint density at radius 1 is 0.970 bits per heavy atom. The molecule has 0 fully saturated rings. The molecular formula is C28H25N3OS. The van der Waals surface area contributed by atoms with E-state index in [4.69, 9.17) is 10.1 Å². The zero-order valence-electron chi connectivity index (χ0n) is 18.5. The number of phenolic OH excluding ortho intramolecular Hbond substituents is 1. The minimum Gasteiger partial charge on any atom is -0.508 e. The molecule has 0 saturated carbocycles. The van der Waals surface area contributed by atoms with Gasteiger partial charge in [0.15, 0.2) is 0 Å². The first-order valence-electron chi connectivity index (χ1n) is 11.4. The van der Waals surface area contributed by atoms with Crippen molar-refractivity contribution in [2.45, 2.75) is 38.6 Å². The lowest BCUT2D eigenvalue weighted by Crippen LogP contribution is -2.18. The molecule has 2 aliphatic rings. The molecule has 5 heteroatoms. The molecular weight excluding hydrogens is 426 g/mol. The molecule has 0 bridgehead atoms. The van der Waals surface area contributed by atoms with Crippen molar-refractivity contribution in [1.29, 1.82) is 0 Å². The first-order valence-corrected chi connectivity index (χ1v) is 12.3. The van der Waals surface area contributed by atoms with E-state index in [2.05, 4.69) is 58.9 Å². The molecule has 3 aromatic carbocycles. The molecule has 0 radical (unpaired) electrons. The Morgan fingerprint density at radius 3 is 2.67 bits per heavy atom. The molecule has 0 spiro atoms. The molecule has 1 N–H and O–H groups in total. The van der Waals surface area contributed by atoms with Crippen molar-refractivity contribution in [2.24, 2.45) is 5.10 Å². The largest absolute Gasteiger partial charge is 0.508 e. The quantitative estimate of drug-likeness (QED) is 0.377. The predicted octanol–water partition coefficient (Wildman–Crippen LogP) is 6.67. The fraction of sp³-hybridized carbons (Fsp3) is 0.214. The minimum absolute atomic E-state index is 0.120. The van der Waals surface area contributed by atoms with Gasteiger partial charge in [0, 0.05) is 17.4 Å². The predicted molar refractivity (Wildman–Crippen MR) is 135 cm³/mol. The average molecular weight is 452 g/mol. The van der Waals surface area contributed by atoms with E-state index in [0.717, 1.165) is 34.1 Å². The summed E-state index contributed by atoms with van der Waals surface area (Å²) in [5.74, 6) is 0.277. The van der Waals surface area contributed by atoms with Crippen LogP contribution in [0, 0.1) is 6.92 Å². The smallest absolute Gasteiger partial charge is 0.207 e. The maximum Gasteiger partial charge on any atom is 0.207 e. The molecule has 33 heavy (non-hydrogen) atoms. The SMILES string of the molecule is Cc1cc(O)ccc1-c1csc(N2N=C(c3ccc4c(c3)CCC4)CC2c2ccccc2)n1. The Balaban J connectivity index is 1.39. The topological polar surface area (TPSA) is 48.7 Å². The third kappa shape index (κ3) is 3.72. The van der Waals surface area contributed by atoms with E-state index in [1.54, 1.807) is 23.5 Å². The van der Waals surface area contributed by atoms with Crippen molar-refractivity contribution in [3.8, 4) is 17.0 Å². The van der Waals surface area contributed by atoms with Crippen molar-refractivity contribution in [1.82, 2.24) is 4.98 Å². The maximum atomic E-state index is 9.77. The van der Waals surface area contributed by atoms with Crippen molar-refractivity contribution < 1.29 is 5.11 Å². The lowest BCUT2D eigenvalue weighted by atomic mass is 9.97. The highest BCUT2D eigenvalue weighted by Crippen LogP contribution is 2.40. The van der Waals surface area contributed by atoms with Crippen LogP contribution < -0.4 is 5.01 Å². The molecule has 6 rings (SSSR count). The summed E-state index contributed by atoms with van der Waals surface area (Å²) in [7, 11) is 0. The number of anilines is 1. The Hall–Kier alpha value is -3.44. The molecule has 1 aliphatic heterocycles. The van der Waals surface area contributed by atoms with Gasteiger partial charge < -0.3 is 5.11 Å². The van der Waals surface area contributed by atoms with Crippen LogP contribution in [0.2, 0.25) is 0 Å². The third-order valence-electron chi connectivity index (χ3n) is 6.70. The summed E-state index contributed by atoms with van der Waals surface area (Å²) in [6, 6.07) is 23.0. The number of aromatic hydroxyl groups is 1. The van der Waals surface area contributed by atoms with Crippen LogP contribution in [0.4, 0.5) is 5.13 Å². The summed E-state index contributed by atoms with van der Waals surface area (Å²) in [5.41, 5.74) is 9.52. The number of hydrogen-bond acceptors (Lipinski definition) is 5. The molecule has 0 saturated heterocycles. The van der Waals surface area contributed by atoms with E-state index in [-0.39, 0.29) is 11.8 Å². The first-order chi connectivity index (χ1) is 16.2. The van der Waals surface area contributed by atoms with Crippen LogP contribution in [0.5, 0.6) is 5.75 Å². The number of thiazole rings is 1. The molecule has 1 unspecified atom stereocenters. The Bertz CT molecular complexity index is 1360. The Labute approximate surface area is 197 Å². The second-order valence-corrected chi connectivity index (χ2v) is 9.71. The van der Waals surface area contributed by atoms with Gasteiger partial charge >= 0.3 is 0 Å². The third-order valence-corrected chi connectivity index (χ3v) is 7.53. The van der Waals surface area contributed by atoms with E-state index in [9.17, 15) is 5.11 Å². The highest BCUT2D eigenvalue weighted by Gasteiger charge is 2.32. The van der Waals surface area contributed by atoms with E-state index in [1.807, 2.05) is 13.0 Å². The van der Waals surface area contributed by atoms with Gasteiger partial charge in [0.05, 0.1) is 17.4 Å². The van der Waals surface area contributed by atoms with Crippen LogP contribution in [0.1, 0.15) is 46.7 Å². The van der Waals surface area contributed by atoms with Gasteiger partial charge in [-0.2, -0.15) is 5.10 Å². The van der Waals surface area contributed by atoms with Crippen LogP contribution in [0.15, 0.2) is 77.2 Å². The van der Waals surface area contributed by atoms with Gasteiger partial charge in [-0.1, -0.05) is 42.5 Å². The highest BCUT2D eigenvalue weighted by molar-refractivity contribution is 7.14. The van der Waals surface area contributed by atoms with Gasteiger partial charge in [0.1, 0.15) is 5.75 Å². The van der Waals surface area contributed by atoms with Crippen molar-refractivity contribution in [2.75, 3.05) is 5.01 Å². The van der Waals surface area contributed by atoms with Gasteiger partial charge in [-0.05, 0) is 78.3 Å². The van der Waals surface area contributed by atoms with Gasteiger partial charge in [0.25, 0.3) is 0 Å². The van der Waals surface area contributed by atoms with E-state index in [0.29, 0.717) is 0 Å². The molecule has 1 aromatic heterocycles. The standard InChI is InChI=1S/C28H25N3OS/c1-18-14-23(32)12-13-24(18)26-17-33-28(29-26)31-27(20-6-3-2-4-7-20)16-25(30-31)22-11-10-19-8-5-9-21(19)15-22/h2-4,6-7,10-15,17,27,32H,5,8-9,16H2,1H3. The van der Waals surface area contributed by atoms with Gasteiger partial charge in [-0.3, -0.25) is 0 Å². The summed E-state index contributed by atoms with van der Waals surface area (Å²) in [5, 5.41) is 20.0. The number of hydrogen-bond donors (Lipinski definition) is 1. The van der Waals surface area contributed by atoms with Gasteiger partial charge in [0.2, 0.25) is 5.13 Å². The number of benzene rings is 3. The number of aryl methyl sites for hydroxylation is 3. The molecule has 2 heterocycles. The first kappa shape index (κ1) is 20.2. The number of hydrazone groups is 1. The maximum absolute atomic E-state index is 9.77. The normalized spacial score (nSPS) is 17.3. The molecule has 0 amide bonds. The summed E-state index contributed by atoms with van der Waals surface area (Å²) >= 11 is 1.62. The van der Waals surface area contributed by atoms with E-state index < -0.39 is 0 Å². The molecule has 1 atom stereocenters. The lowest BCUT2D eigenvalue weighted by Gasteiger charge is -2.21. The van der Waals surface area contributed by atoms with E-state index in [1.165, 1.54) is 41.5 Å². The Kier molecular flexibility index (Phi) is 4.99. The summed E-state index contributed by atoms with van der Waals surface area (Å²) < 4.78 is 0. The second kappa shape index (κ2) is 8.16. The van der Waals surface area contributed by atoms with Crippen LogP contribution in [-0.2, 0) is 12.8 Å². The minimum atomic E-state index is 0.120. The fourth-order valence-electron chi connectivity index (χ4n) is 4.98. The molecule has 4 nitrogen and oxygen atoms in total. The zero-order chi connectivity index (χ0) is 22.4. The Morgan fingerprint density at radius 2 is 1.82 bits per heavy atom. The van der Waals surface area contributed by atoms with Crippen molar-refractivity contribution >= 4 is 22.2 Å². The highest BCUT2D eigenvalue weighted by atomic mass is 32.1. The summed E-state index contributed by atoms with van der Waals surface area (Å²) in [6.07, 6.45) is 4.47. The van der Waals surface area contributed by atoms with Crippen LogP contribution in [0.3, 0.4) is 0 Å². The van der Waals surface area contributed by atoms with Crippen molar-refractivity contribution in [3.05, 3.63) is 99.9 Å². The number of aromatic nitrogens is 1. The molecule has 1 aliphatic carbocycles. The van der Waals surface area contributed by atoms with Crippen LogP contribution in [-0.4, -0.2) is 15.8 Å². The lowest BCUT2D eigenvalue weighted by molar-refractivity contribution is 0.475. The number of phenols is 1. The van der Waals surface area contributed by atoms with Gasteiger partial charge in [-0.25, -0.2) is 9.99 Å². The molecule has 4 aromatic rings. The van der Waals surface area contributed by atoms with Crippen LogP contribution >= 0.6 is 11.3 Å². The second-order valence-electron chi connectivity index (χ2n) is 8.87. The summed E-state index contributed by atoms with van der Waals surface area (Å²) in [6.45, 7) is 2.00. The number of fused-ring (bicyclic) bond motifs is 1. The monoisotopic (exact) mass is 451 g/mol. The zero-order valence-corrected chi connectivity index (χ0v) is 19.3. The van der Waals surface area contributed by atoms with Crippen LogP contribution in [0.25, 0.3) is 11.3 Å².